The molecule has 1 fully saturated rings. The number of ether oxygens (including phenoxy) is 1. The number of hydrogen-bond donors (Lipinski definition) is 2. The number of halogens is 1. The average Bonchev–Trinajstić information content (AvgIpc) is 3.44. The number of nitrogens with one attached hydrogen (secondary N) is 2. The van der Waals surface area contributed by atoms with Crippen LogP contribution in [0.2, 0.25) is 0 Å². The first-order chi connectivity index (χ1) is 14.9. The molecule has 0 bridgehead atoms. The van der Waals surface area contributed by atoms with Crippen LogP contribution in [0.1, 0.15) is 63.8 Å². The van der Waals surface area contributed by atoms with Gasteiger partial charge in [-0.3, -0.25) is 4.90 Å². The van der Waals surface area contributed by atoms with Crippen LogP contribution in [-0.2, 0) is 12.0 Å². The molecule has 0 aliphatic carbocycles. The van der Waals surface area contributed by atoms with Crippen LogP contribution in [0.25, 0.3) is 0 Å². The smallest absolute Gasteiger partial charge is 0.216 e. The van der Waals surface area contributed by atoms with Crippen molar-refractivity contribution < 1.29 is 9.15 Å². The van der Waals surface area contributed by atoms with Crippen LogP contribution in [0.3, 0.4) is 0 Å². The Labute approximate surface area is 209 Å². The fraction of sp³-hybridized carbons (Fsp3) is 0.583. The quantitative estimate of drug-likeness (QED) is 0.284. The van der Waals surface area contributed by atoms with Crippen molar-refractivity contribution in [2.75, 3.05) is 33.3 Å². The number of hydrogen-bond acceptors (Lipinski definition) is 5. The van der Waals surface area contributed by atoms with Gasteiger partial charge in [-0.15, -0.1) is 24.0 Å². The zero-order valence-electron chi connectivity index (χ0n) is 20.0. The highest BCUT2D eigenvalue weighted by Gasteiger charge is 2.24. The summed E-state index contributed by atoms with van der Waals surface area (Å²) >= 11 is 0. The molecule has 1 unspecified atom stereocenters. The van der Waals surface area contributed by atoms with Crippen LogP contribution in [-0.4, -0.2) is 49.1 Å². The van der Waals surface area contributed by atoms with E-state index in [9.17, 15) is 0 Å². The molecule has 1 aromatic heterocycles. The van der Waals surface area contributed by atoms with E-state index >= 15 is 0 Å². The molecule has 1 saturated heterocycles. The van der Waals surface area contributed by atoms with Crippen molar-refractivity contribution in [2.45, 2.75) is 58.5 Å². The molecule has 2 N–H and O–H groups in total. The van der Waals surface area contributed by atoms with E-state index in [4.69, 9.17) is 14.1 Å². The molecule has 0 amide bonds. The number of aliphatic imine (C=N–C) groups is 1. The fourth-order valence-corrected chi connectivity index (χ4v) is 3.77. The Hall–Kier alpha value is -1.81. The number of likely N-dealkylation sites (tertiary alicyclic amines) is 1. The van der Waals surface area contributed by atoms with E-state index in [1.807, 2.05) is 6.07 Å². The van der Waals surface area contributed by atoms with E-state index in [1.165, 1.54) is 18.4 Å². The number of aromatic nitrogens is 1. The average molecular weight is 556 g/mol. The molecule has 2 heterocycles. The van der Waals surface area contributed by atoms with Crippen molar-refractivity contribution in [1.29, 1.82) is 0 Å². The van der Waals surface area contributed by atoms with Crippen molar-refractivity contribution in [3.05, 3.63) is 47.7 Å². The van der Waals surface area contributed by atoms with Crippen molar-refractivity contribution in [2.24, 2.45) is 4.99 Å². The van der Waals surface area contributed by atoms with Gasteiger partial charge in [-0.25, -0.2) is 9.98 Å². The molecule has 1 aliphatic heterocycles. The predicted molar refractivity (Wildman–Crippen MR) is 140 cm³/mol. The minimum absolute atomic E-state index is 0. The van der Waals surface area contributed by atoms with Gasteiger partial charge in [0.05, 0.1) is 19.3 Å². The van der Waals surface area contributed by atoms with Crippen LogP contribution in [0, 0.1) is 0 Å². The van der Waals surface area contributed by atoms with E-state index in [0.717, 1.165) is 43.6 Å². The Bertz CT molecular complexity index is 856. The lowest BCUT2D eigenvalue weighted by Crippen LogP contribution is -2.42. The minimum Gasteiger partial charge on any atom is -0.497 e. The van der Waals surface area contributed by atoms with Gasteiger partial charge in [-0.1, -0.05) is 32.9 Å². The third kappa shape index (κ3) is 7.37. The second-order valence-corrected chi connectivity index (χ2v) is 8.98. The molecule has 1 aliphatic rings. The van der Waals surface area contributed by atoms with Gasteiger partial charge in [0.1, 0.15) is 18.1 Å². The van der Waals surface area contributed by atoms with Gasteiger partial charge < -0.3 is 19.8 Å². The SMILES string of the molecule is CCNC(=NCc1ncc(C(C)(C)C)o1)NCC(c1cccc(OC)c1)N1CCCC1.I. The lowest BCUT2D eigenvalue weighted by molar-refractivity contribution is 0.245. The summed E-state index contributed by atoms with van der Waals surface area (Å²) in [7, 11) is 1.71. The Morgan fingerprint density at radius 3 is 2.62 bits per heavy atom. The monoisotopic (exact) mass is 555 g/mol. The van der Waals surface area contributed by atoms with Crippen LogP contribution >= 0.6 is 24.0 Å². The zero-order chi connectivity index (χ0) is 22.3. The van der Waals surface area contributed by atoms with Gasteiger partial charge in [0, 0.05) is 18.5 Å². The summed E-state index contributed by atoms with van der Waals surface area (Å²) in [5, 5.41) is 6.86. The maximum Gasteiger partial charge on any atom is 0.216 e. The maximum atomic E-state index is 5.88. The van der Waals surface area contributed by atoms with Crippen LogP contribution < -0.4 is 15.4 Å². The normalized spacial score (nSPS) is 15.8. The first-order valence-corrected chi connectivity index (χ1v) is 11.3. The minimum atomic E-state index is -0.0581. The Morgan fingerprint density at radius 1 is 1.25 bits per heavy atom. The van der Waals surface area contributed by atoms with Crippen molar-refractivity contribution in [1.82, 2.24) is 20.5 Å². The van der Waals surface area contributed by atoms with Gasteiger partial charge in [-0.05, 0) is 50.6 Å². The van der Waals surface area contributed by atoms with Crippen LogP contribution in [0.5, 0.6) is 5.75 Å². The Balaban J connectivity index is 0.00000363. The van der Waals surface area contributed by atoms with Gasteiger partial charge >= 0.3 is 0 Å². The highest BCUT2D eigenvalue weighted by atomic mass is 127. The van der Waals surface area contributed by atoms with E-state index in [1.54, 1.807) is 13.3 Å². The van der Waals surface area contributed by atoms with Gasteiger partial charge in [0.15, 0.2) is 5.96 Å². The number of rotatable bonds is 8. The summed E-state index contributed by atoms with van der Waals surface area (Å²) in [6, 6.07) is 8.63. The Morgan fingerprint density at radius 2 is 2.00 bits per heavy atom. The van der Waals surface area contributed by atoms with E-state index < -0.39 is 0 Å². The standard InChI is InChI=1S/C24H37N5O2.HI/c1-6-25-23(28-17-22-26-16-21(31-22)24(2,3)4)27-15-20(29-12-7-8-13-29)18-10-9-11-19(14-18)30-5;/h9-11,14,16,20H,6-8,12-13,15,17H2,1-5H3,(H2,25,27,28);1H. The molecular weight excluding hydrogens is 517 g/mol. The highest BCUT2D eigenvalue weighted by Crippen LogP contribution is 2.27. The van der Waals surface area contributed by atoms with E-state index in [-0.39, 0.29) is 35.4 Å². The molecule has 3 rings (SSSR count). The summed E-state index contributed by atoms with van der Waals surface area (Å²) in [5.74, 6) is 3.17. The summed E-state index contributed by atoms with van der Waals surface area (Å²) in [5.41, 5.74) is 1.20. The highest BCUT2D eigenvalue weighted by molar-refractivity contribution is 14.0. The zero-order valence-corrected chi connectivity index (χ0v) is 22.3. The molecule has 7 nitrogen and oxygen atoms in total. The van der Waals surface area contributed by atoms with Crippen molar-refractivity contribution in [3.8, 4) is 5.75 Å². The molecule has 2 aromatic rings. The lowest BCUT2D eigenvalue weighted by Gasteiger charge is -2.29. The summed E-state index contributed by atoms with van der Waals surface area (Å²) in [6.45, 7) is 12.6. The molecule has 8 heteroatoms. The summed E-state index contributed by atoms with van der Waals surface area (Å²) < 4.78 is 11.3. The number of benzene rings is 1. The third-order valence-electron chi connectivity index (χ3n) is 5.53. The number of guanidine groups is 1. The molecule has 0 spiro atoms. The van der Waals surface area contributed by atoms with E-state index in [0.29, 0.717) is 12.4 Å². The topological polar surface area (TPSA) is 74.9 Å². The lowest BCUT2D eigenvalue weighted by atomic mass is 9.94. The molecular formula is C24H38IN5O2. The predicted octanol–water partition coefficient (Wildman–Crippen LogP) is 4.49. The summed E-state index contributed by atoms with van der Waals surface area (Å²) in [6.07, 6.45) is 4.29. The molecule has 32 heavy (non-hydrogen) atoms. The Kier molecular flexibility index (Phi) is 10.3. The molecule has 0 radical (unpaired) electrons. The van der Waals surface area contributed by atoms with Crippen molar-refractivity contribution in [3.63, 3.8) is 0 Å². The number of nitrogens with zero attached hydrogens (tertiary/aromatic N) is 3. The van der Waals surface area contributed by atoms with Gasteiger partial charge in [0.25, 0.3) is 0 Å². The molecule has 0 saturated carbocycles. The largest absolute Gasteiger partial charge is 0.497 e. The second kappa shape index (κ2) is 12.4. The van der Waals surface area contributed by atoms with Crippen LogP contribution in [0.4, 0.5) is 0 Å². The number of oxazole rings is 1. The second-order valence-electron chi connectivity index (χ2n) is 8.98. The summed E-state index contributed by atoms with van der Waals surface area (Å²) in [4.78, 5) is 11.6. The maximum absolute atomic E-state index is 5.88. The first kappa shape index (κ1) is 26.4. The third-order valence-corrected chi connectivity index (χ3v) is 5.53. The first-order valence-electron chi connectivity index (χ1n) is 11.3. The molecule has 1 aromatic carbocycles. The number of methoxy groups -OCH3 is 1. The van der Waals surface area contributed by atoms with Gasteiger partial charge in [-0.2, -0.15) is 0 Å². The molecule has 178 valence electrons. The van der Waals surface area contributed by atoms with E-state index in [2.05, 4.69) is 66.4 Å². The van der Waals surface area contributed by atoms with Crippen LogP contribution in [0.15, 0.2) is 39.9 Å². The fourth-order valence-electron chi connectivity index (χ4n) is 3.77. The van der Waals surface area contributed by atoms with Gasteiger partial charge in [0.2, 0.25) is 5.89 Å². The van der Waals surface area contributed by atoms with Crippen molar-refractivity contribution >= 4 is 29.9 Å². The molecule has 1 atom stereocenters.